The molecule has 1 heterocycles. The lowest BCUT2D eigenvalue weighted by Crippen LogP contribution is -2.31. The van der Waals surface area contributed by atoms with Crippen molar-refractivity contribution in [1.29, 1.82) is 0 Å². The van der Waals surface area contributed by atoms with Gasteiger partial charge in [-0.2, -0.15) is 11.8 Å². The van der Waals surface area contributed by atoms with Gasteiger partial charge in [0.2, 0.25) is 0 Å². The van der Waals surface area contributed by atoms with E-state index in [1.807, 2.05) is 30.8 Å². The smallest absolute Gasteiger partial charge is 0.0453 e. The van der Waals surface area contributed by atoms with Crippen molar-refractivity contribution >= 4 is 35.0 Å². The molecule has 1 aliphatic rings. The SMILES string of the molecule is Cc1c(Cl)cc(CN2CCSCC2)cc1Cl. The van der Waals surface area contributed by atoms with Gasteiger partial charge in [0.1, 0.15) is 0 Å². The third-order valence-electron chi connectivity index (χ3n) is 2.85. The van der Waals surface area contributed by atoms with Crippen molar-refractivity contribution in [2.24, 2.45) is 0 Å². The normalized spacial score (nSPS) is 17.7. The summed E-state index contributed by atoms with van der Waals surface area (Å²) in [4.78, 5) is 2.45. The van der Waals surface area contributed by atoms with Crippen LogP contribution in [0.25, 0.3) is 0 Å². The standard InChI is InChI=1S/C12H15Cl2NS/c1-9-11(13)6-10(7-12(9)14)8-15-2-4-16-5-3-15/h6-7H,2-5,8H2,1H3. The summed E-state index contributed by atoms with van der Waals surface area (Å²) in [6.07, 6.45) is 0. The highest BCUT2D eigenvalue weighted by Crippen LogP contribution is 2.26. The zero-order chi connectivity index (χ0) is 11.5. The van der Waals surface area contributed by atoms with Gasteiger partial charge in [0.25, 0.3) is 0 Å². The second-order valence-corrected chi connectivity index (χ2v) is 6.11. The molecule has 1 fully saturated rings. The minimum absolute atomic E-state index is 0.772. The van der Waals surface area contributed by atoms with Gasteiger partial charge in [-0.3, -0.25) is 4.90 Å². The summed E-state index contributed by atoms with van der Waals surface area (Å²) in [6.45, 7) is 5.23. The van der Waals surface area contributed by atoms with E-state index in [9.17, 15) is 0 Å². The van der Waals surface area contributed by atoms with Crippen LogP contribution in [0.1, 0.15) is 11.1 Å². The van der Waals surface area contributed by atoms with Crippen LogP contribution in [0.2, 0.25) is 10.0 Å². The molecule has 1 saturated heterocycles. The Balaban J connectivity index is 2.09. The van der Waals surface area contributed by atoms with Gasteiger partial charge in [-0.1, -0.05) is 23.2 Å². The Hall–Kier alpha value is 0.110. The maximum atomic E-state index is 6.13. The molecule has 1 aliphatic heterocycles. The first-order valence-electron chi connectivity index (χ1n) is 5.41. The molecule has 0 aromatic heterocycles. The van der Waals surface area contributed by atoms with E-state index < -0.39 is 0 Å². The topological polar surface area (TPSA) is 3.24 Å². The van der Waals surface area contributed by atoms with Gasteiger partial charge in [0, 0.05) is 41.2 Å². The minimum atomic E-state index is 0.772. The van der Waals surface area contributed by atoms with E-state index in [1.165, 1.54) is 17.1 Å². The van der Waals surface area contributed by atoms with E-state index in [-0.39, 0.29) is 0 Å². The van der Waals surface area contributed by atoms with E-state index in [2.05, 4.69) is 4.90 Å². The van der Waals surface area contributed by atoms with Gasteiger partial charge < -0.3 is 0 Å². The highest BCUT2D eigenvalue weighted by molar-refractivity contribution is 7.99. The second-order valence-electron chi connectivity index (χ2n) is 4.07. The zero-order valence-electron chi connectivity index (χ0n) is 9.30. The largest absolute Gasteiger partial charge is 0.297 e. The quantitative estimate of drug-likeness (QED) is 0.807. The molecule has 0 atom stereocenters. The van der Waals surface area contributed by atoms with Crippen molar-refractivity contribution in [1.82, 2.24) is 4.90 Å². The zero-order valence-corrected chi connectivity index (χ0v) is 11.6. The van der Waals surface area contributed by atoms with Crippen LogP contribution >= 0.6 is 35.0 Å². The Kier molecular flexibility index (Phi) is 4.42. The van der Waals surface area contributed by atoms with Crippen LogP contribution in [-0.4, -0.2) is 29.5 Å². The van der Waals surface area contributed by atoms with Crippen molar-refractivity contribution in [3.63, 3.8) is 0 Å². The number of rotatable bonds is 2. The van der Waals surface area contributed by atoms with E-state index in [0.29, 0.717) is 0 Å². The van der Waals surface area contributed by atoms with Crippen molar-refractivity contribution < 1.29 is 0 Å². The van der Waals surface area contributed by atoms with Gasteiger partial charge in [-0.05, 0) is 30.2 Å². The summed E-state index contributed by atoms with van der Waals surface area (Å²) >= 11 is 14.3. The van der Waals surface area contributed by atoms with Crippen molar-refractivity contribution in [2.75, 3.05) is 24.6 Å². The number of halogens is 2. The molecular weight excluding hydrogens is 261 g/mol. The molecule has 2 rings (SSSR count). The third kappa shape index (κ3) is 3.07. The number of benzene rings is 1. The summed E-state index contributed by atoms with van der Waals surface area (Å²) in [5.74, 6) is 2.46. The molecule has 0 spiro atoms. The van der Waals surface area contributed by atoms with Crippen LogP contribution < -0.4 is 0 Å². The minimum Gasteiger partial charge on any atom is -0.297 e. The molecule has 1 nitrogen and oxygen atoms in total. The molecule has 1 aromatic rings. The Labute approximate surface area is 111 Å². The molecule has 0 saturated carbocycles. The predicted molar refractivity (Wildman–Crippen MR) is 73.8 cm³/mol. The summed E-state index contributed by atoms with van der Waals surface area (Å²) < 4.78 is 0. The van der Waals surface area contributed by atoms with Crippen LogP contribution in [0.15, 0.2) is 12.1 Å². The molecule has 0 aliphatic carbocycles. The Bertz CT molecular complexity index is 352. The summed E-state index contributed by atoms with van der Waals surface area (Å²) in [7, 11) is 0. The molecule has 0 N–H and O–H groups in total. The fraction of sp³-hybridized carbons (Fsp3) is 0.500. The van der Waals surface area contributed by atoms with Gasteiger partial charge in [0.05, 0.1) is 0 Å². The maximum absolute atomic E-state index is 6.13. The number of thioether (sulfide) groups is 1. The van der Waals surface area contributed by atoms with Gasteiger partial charge in [-0.15, -0.1) is 0 Å². The molecule has 4 heteroatoms. The lowest BCUT2D eigenvalue weighted by molar-refractivity contribution is 0.294. The number of nitrogens with zero attached hydrogens (tertiary/aromatic N) is 1. The van der Waals surface area contributed by atoms with Crippen molar-refractivity contribution in [2.45, 2.75) is 13.5 Å². The van der Waals surface area contributed by atoms with Crippen molar-refractivity contribution in [3.8, 4) is 0 Å². The van der Waals surface area contributed by atoms with Crippen molar-refractivity contribution in [3.05, 3.63) is 33.3 Å². The van der Waals surface area contributed by atoms with E-state index in [1.54, 1.807) is 0 Å². The summed E-state index contributed by atoms with van der Waals surface area (Å²) in [5.41, 5.74) is 2.19. The van der Waals surface area contributed by atoms with Gasteiger partial charge >= 0.3 is 0 Å². The van der Waals surface area contributed by atoms with Crippen LogP contribution in [0.3, 0.4) is 0 Å². The van der Waals surface area contributed by atoms with E-state index in [4.69, 9.17) is 23.2 Å². The van der Waals surface area contributed by atoms with Crippen LogP contribution in [0.5, 0.6) is 0 Å². The highest BCUT2D eigenvalue weighted by Gasteiger charge is 2.12. The van der Waals surface area contributed by atoms with Crippen LogP contribution in [0, 0.1) is 6.92 Å². The summed E-state index contributed by atoms with van der Waals surface area (Å²) in [6, 6.07) is 4.06. The average molecular weight is 276 g/mol. The monoisotopic (exact) mass is 275 g/mol. The third-order valence-corrected chi connectivity index (χ3v) is 4.58. The Morgan fingerprint density at radius 2 is 1.75 bits per heavy atom. The molecule has 0 amide bonds. The molecule has 1 aromatic carbocycles. The first kappa shape index (κ1) is 12.6. The van der Waals surface area contributed by atoms with E-state index >= 15 is 0 Å². The van der Waals surface area contributed by atoms with Crippen LogP contribution in [0.4, 0.5) is 0 Å². The maximum Gasteiger partial charge on any atom is 0.0453 e. The van der Waals surface area contributed by atoms with Gasteiger partial charge in [0.15, 0.2) is 0 Å². The number of hydrogen-bond donors (Lipinski definition) is 0. The lowest BCUT2D eigenvalue weighted by Gasteiger charge is -2.26. The molecule has 16 heavy (non-hydrogen) atoms. The molecule has 0 unspecified atom stereocenters. The first-order valence-corrected chi connectivity index (χ1v) is 7.32. The molecule has 0 radical (unpaired) electrons. The highest BCUT2D eigenvalue weighted by atomic mass is 35.5. The molecule has 88 valence electrons. The Morgan fingerprint density at radius 3 is 2.31 bits per heavy atom. The lowest BCUT2D eigenvalue weighted by atomic mass is 10.1. The predicted octanol–water partition coefficient (Wildman–Crippen LogP) is 3.85. The fourth-order valence-electron chi connectivity index (χ4n) is 1.81. The van der Waals surface area contributed by atoms with Gasteiger partial charge in [-0.25, -0.2) is 0 Å². The summed E-state index contributed by atoms with van der Waals surface area (Å²) in [5, 5.41) is 1.54. The Morgan fingerprint density at radius 1 is 1.19 bits per heavy atom. The van der Waals surface area contributed by atoms with E-state index in [0.717, 1.165) is 35.2 Å². The molecular formula is C12H15Cl2NS. The fourth-order valence-corrected chi connectivity index (χ4v) is 3.32. The second kappa shape index (κ2) is 5.63. The first-order chi connectivity index (χ1) is 7.66. The average Bonchev–Trinajstić information content (AvgIpc) is 2.27. The number of hydrogen-bond acceptors (Lipinski definition) is 2. The van der Waals surface area contributed by atoms with Crippen LogP contribution in [-0.2, 0) is 6.54 Å². The molecule has 0 bridgehead atoms.